The molecule has 0 aromatic heterocycles. The zero-order valence-corrected chi connectivity index (χ0v) is 13.2. The Kier molecular flexibility index (Phi) is 4.52. The minimum Gasteiger partial charge on any atom is -0.394 e. The summed E-state index contributed by atoms with van der Waals surface area (Å²) in [4.78, 5) is 2.38. The molecule has 2 rings (SSSR count). The van der Waals surface area contributed by atoms with Crippen LogP contribution in [0.15, 0.2) is 24.3 Å². The first-order valence-electron chi connectivity index (χ1n) is 7.55. The molecule has 0 radical (unpaired) electrons. The minimum absolute atomic E-state index is 0.155. The average Bonchev–Trinajstić information content (AvgIpc) is 2.46. The summed E-state index contributed by atoms with van der Waals surface area (Å²) in [5, 5.41) is 13.3. The van der Waals surface area contributed by atoms with E-state index in [0.29, 0.717) is 0 Å². The minimum atomic E-state index is -0.279. The van der Waals surface area contributed by atoms with E-state index in [1.54, 1.807) is 0 Å². The molecule has 1 aromatic carbocycles. The molecule has 0 spiro atoms. The Bertz CT molecular complexity index is 429. The van der Waals surface area contributed by atoms with Gasteiger partial charge in [0.05, 0.1) is 12.1 Å². The number of hydrogen-bond acceptors (Lipinski definition) is 3. The standard InChI is InChI=1S/C17H28N2O/c1-16(2,3)14-5-7-15(8-6-14)17(4,13-20)19-11-9-18-10-12-19/h5-8,18,20H,9-13H2,1-4H3. The Morgan fingerprint density at radius 3 is 1.95 bits per heavy atom. The lowest BCUT2D eigenvalue weighted by Crippen LogP contribution is -2.54. The van der Waals surface area contributed by atoms with Crippen molar-refractivity contribution in [2.24, 2.45) is 0 Å². The Morgan fingerprint density at radius 2 is 1.50 bits per heavy atom. The van der Waals surface area contributed by atoms with Crippen molar-refractivity contribution in [1.82, 2.24) is 10.2 Å². The molecule has 1 unspecified atom stereocenters. The van der Waals surface area contributed by atoms with Gasteiger partial charge < -0.3 is 10.4 Å². The fourth-order valence-electron chi connectivity index (χ4n) is 2.86. The first-order chi connectivity index (χ1) is 9.38. The molecule has 3 nitrogen and oxygen atoms in total. The maximum atomic E-state index is 9.96. The molecular formula is C17H28N2O. The second-order valence-electron chi connectivity index (χ2n) is 7.00. The quantitative estimate of drug-likeness (QED) is 0.887. The van der Waals surface area contributed by atoms with Crippen LogP contribution in [0.25, 0.3) is 0 Å². The van der Waals surface area contributed by atoms with Gasteiger partial charge in [-0.2, -0.15) is 0 Å². The van der Waals surface area contributed by atoms with Gasteiger partial charge in [0, 0.05) is 26.2 Å². The summed E-state index contributed by atoms with van der Waals surface area (Å²) in [6, 6.07) is 8.76. The molecule has 0 saturated carbocycles. The molecule has 1 aliphatic heterocycles. The topological polar surface area (TPSA) is 35.5 Å². The summed E-state index contributed by atoms with van der Waals surface area (Å²) >= 11 is 0. The van der Waals surface area contributed by atoms with Gasteiger partial charge in [0.2, 0.25) is 0 Å². The molecule has 1 heterocycles. The smallest absolute Gasteiger partial charge is 0.0666 e. The van der Waals surface area contributed by atoms with Gasteiger partial charge in [-0.3, -0.25) is 4.90 Å². The number of aliphatic hydroxyl groups is 1. The average molecular weight is 276 g/mol. The van der Waals surface area contributed by atoms with E-state index in [1.807, 2.05) is 0 Å². The van der Waals surface area contributed by atoms with E-state index < -0.39 is 0 Å². The lowest BCUT2D eigenvalue weighted by atomic mass is 9.83. The summed E-state index contributed by atoms with van der Waals surface area (Å²) < 4.78 is 0. The van der Waals surface area contributed by atoms with Gasteiger partial charge in [-0.05, 0) is 23.5 Å². The summed E-state index contributed by atoms with van der Waals surface area (Å²) in [5.41, 5.74) is 2.43. The van der Waals surface area contributed by atoms with Gasteiger partial charge in [-0.25, -0.2) is 0 Å². The molecule has 1 aliphatic rings. The highest BCUT2D eigenvalue weighted by Crippen LogP contribution is 2.30. The van der Waals surface area contributed by atoms with Crippen molar-refractivity contribution in [1.29, 1.82) is 0 Å². The van der Waals surface area contributed by atoms with E-state index in [9.17, 15) is 5.11 Å². The molecule has 0 amide bonds. The Morgan fingerprint density at radius 1 is 1.00 bits per heavy atom. The van der Waals surface area contributed by atoms with Crippen LogP contribution >= 0.6 is 0 Å². The third-order valence-electron chi connectivity index (χ3n) is 4.50. The number of piperazine rings is 1. The largest absolute Gasteiger partial charge is 0.394 e. The third kappa shape index (κ3) is 3.05. The summed E-state index contributed by atoms with van der Waals surface area (Å²) in [6.07, 6.45) is 0. The molecule has 20 heavy (non-hydrogen) atoms. The molecule has 1 fully saturated rings. The van der Waals surface area contributed by atoms with Gasteiger partial charge >= 0.3 is 0 Å². The summed E-state index contributed by atoms with van der Waals surface area (Å²) in [5.74, 6) is 0. The van der Waals surface area contributed by atoms with Crippen LogP contribution in [-0.2, 0) is 11.0 Å². The summed E-state index contributed by atoms with van der Waals surface area (Å²) in [7, 11) is 0. The molecular weight excluding hydrogens is 248 g/mol. The number of nitrogens with zero attached hydrogens (tertiary/aromatic N) is 1. The predicted octanol–water partition coefficient (Wildman–Crippen LogP) is 2.10. The van der Waals surface area contributed by atoms with E-state index in [4.69, 9.17) is 0 Å². The predicted molar refractivity (Wildman–Crippen MR) is 84.0 cm³/mol. The fourth-order valence-corrected chi connectivity index (χ4v) is 2.86. The number of benzene rings is 1. The lowest BCUT2D eigenvalue weighted by molar-refractivity contribution is 0.0311. The first kappa shape index (κ1) is 15.5. The van der Waals surface area contributed by atoms with Crippen LogP contribution in [-0.4, -0.2) is 42.8 Å². The first-order valence-corrected chi connectivity index (χ1v) is 7.55. The van der Waals surface area contributed by atoms with Crippen LogP contribution in [0.3, 0.4) is 0 Å². The highest BCUT2D eigenvalue weighted by molar-refractivity contribution is 5.31. The molecule has 1 saturated heterocycles. The van der Waals surface area contributed by atoms with Crippen molar-refractivity contribution in [3.05, 3.63) is 35.4 Å². The van der Waals surface area contributed by atoms with E-state index in [2.05, 4.69) is 62.2 Å². The molecule has 0 aliphatic carbocycles. The highest BCUT2D eigenvalue weighted by Gasteiger charge is 2.34. The van der Waals surface area contributed by atoms with Crippen LogP contribution in [0.5, 0.6) is 0 Å². The fraction of sp³-hybridized carbons (Fsp3) is 0.647. The number of hydrogen-bond donors (Lipinski definition) is 2. The zero-order valence-electron chi connectivity index (χ0n) is 13.2. The van der Waals surface area contributed by atoms with Gasteiger partial charge in [-0.1, -0.05) is 45.0 Å². The molecule has 2 N–H and O–H groups in total. The molecule has 112 valence electrons. The Hall–Kier alpha value is -0.900. The second-order valence-corrected chi connectivity index (χ2v) is 7.00. The van der Waals surface area contributed by atoms with E-state index in [-0.39, 0.29) is 17.6 Å². The monoisotopic (exact) mass is 276 g/mol. The van der Waals surface area contributed by atoms with E-state index >= 15 is 0 Å². The number of nitrogens with one attached hydrogen (secondary N) is 1. The lowest BCUT2D eigenvalue weighted by Gasteiger charge is -2.43. The normalized spacial score (nSPS) is 20.6. The van der Waals surface area contributed by atoms with Gasteiger partial charge in [0.15, 0.2) is 0 Å². The maximum Gasteiger partial charge on any atom is 0.0666 e. The van der Waals surface area contributed by atoms with Crippen molar-refractivity contribution in [2.75, 3.05) is 32.8 Å². The van der Waals surface area contributed by atoms with Crippen molar-refractivity contribution in [2.45, 2.75) is 38.6 Å². The molecule has 1 atom stereocenters. The maximum absolute atomic E-state index is 9.96. The SMILES string of the molecule is CC(C)(C)c1ccc(C(C)(CO)N2CCNCC2)cc1. The van der Waals surface area contributed by atoms with E-state index in [0.717, 1.165) is 26.2 Å². The highest BCUT2D eigenvalue weighted by atomic mass is 16.3. The van der Waals surface area contributed by atoms with Gasteiger partial charge in [0.1, 0.15) is 0 Å². The third-order valence-corrected chi connectivity index (χ3v) is 4.50. The summed E-state index contributed by atoms with van der Waals surface area (Å²) in [6.45, 7) is 12.9. The molecule has 3 heteroatoms. The Balaban J connectivity index is 2.26. The number of rotatable bonds is 3. The van der Waals surface area contributed by atoms with Crippen LogP contribution < -0.4 is 5.32 Å². The second kappa shape index (κ2) is 5.84. The molecule has 0 bridgehead atoms. The van der Waals surface area contributed by atoms with Crippen LogP contribution in [0.1, 0.15) is 38.8 Å². The van der Waals surface area contributed by atoms with E-state index in [1.165, 1.54) is 11.1 Å². The number of aliphatic hydroxyl groups excluding tert-OH is 1. The van der Waals surface area contributed by atoms with Crippen LogP contribution in [0.4, 0.5) is 0 Å². The van der Waals surface area contributed by atoms with Gasteiger partial charge in [0.25, 0.3) is 0 Å². The van der Waals surface area contributed by atoms with Crippen molar-refractivity contribution >= 4 is 0 Å². The molecule has 1 aromatic rings. The zero-order chi connectivity index (χ0) is 14.8. The van der Waals surface area contributed by atoms with Crippen LogP contribution in [0, 0.1) is 0 Å². The van der Waals surface area contributed by atoms with Crippen molar-refractivity contribution in [3.63, 3.8) is 0 Å². The van der Waals surface area contributed by atoms with Crippen molar-refractivity contribution in [3.8, 4) is 0 Å². The van der Waals surface area contributed by atoms with Gasteiger partial charge in [-0.15, -0.1) is 0 Å². The van der Waals surface area contributed by atoms with Crippen LogP contribution in [0.2, 0.25) is 0 Å². The van der Waals surface area contributed by atoms with Crippen molar-refractivity contribution < 1.29 is 5.11 Å². The Labute approximate surface area is 123 Å².